The first kappa shape index (κ1) is 23.7. The summed E-state index contributed by atoms with van der Waals surface area (Å²) in [6.07, 6.45) is -3.19. The van der Waals surface area contributed by atoms with Crippen molar-refractivity contribution in [2.75, 3.05) is 0 Å². The first-order valence-corrected chi connectivity index (χ1v) is 11.2. The van der Waals surface area contributed by atoms with Crippen LogP contribution in [0.1, 0.15) is 70.4 Å². The van der Waals surface area contributed by atoms with Gasteiger partial charge >= 0.3 is 12.1 Å². The number of carboxylic acid groups (broad SMARTS) is 1. The van der Waals surface area contributed by atoms with Crippen molar-refractivity contribution in [3.63, 3.8) is 0 Å². The minimum atomic E-state index is -4.51. The second-order valence-electron chi connectivity index (χ2n) is 8.29. The number of benzene rings is 2. The van der Waals surface area contributed by atoms with E-state index in [0.29, 0.717) is 22.6 Å². The number of rotatable bonds is 6. The molecule has 5 nitrogen and oxygen atoms in total. The third-order valence-corrected chi connectivity index (χ3v) is 7.00. The molecular weight excluding hydrogens is 467 g/mol. The number of alkyl halides is 3. The maximum atomic E-state index is 13.3. The summed E-state index contributed by atoms with van der Waals surface area (Å²) in [5.41, 5.74) is -0.146. The van der Waals surface area contributed by atoms with Crippen molar-refractivity contribution in [3.05, 3.63) is 91.7 Å². The van der Waals surface area contributed by atoms with Crippen molar-refractivity contribution in [1.29, 1.82) is 0 Å². The lowest BCUT2D eigenvalue weighted by atomic mass is 9.96. The standard InChI is InChI=1S/C25H20F3NO4S/c1-13-19(21(30)15-3-9-18(10-4-15)25(26,27)28)20(14(2)34-13)22(31)29-24(11-12-24)17-7-5-16(6-8-17)23(32)33/h3-10H,11-12H2,1-2H3,(H,29,31)(H,32,33). The van der Waals surface area contributed by atoms with Gasteiger partial charge in [-0.25, -0.2) is 4.79 Å². The zero-order valence-electron chi connectivity index (χ0n) is 18.2. The zero-order chi connectivity index (χ0) is 24.8. The highest BCUT2D eigenvalue weighted by Crippen LogP contribution is 2.46. The molecule has 2 aromatic carbocycles. The number of carbonyl (C=O) groups is 3. The van der Waals surface area contributed by atoms with Crippen LogP contribution in [0.2, 0.25) is 0 Å². The van der Waals surface area contributed by atoms with Crippen LogP contribution in [-0.2, 0) is 11.7 Å². The molecule has 4 rings (SSSR count). The van der Waals surface area contributed by atoms with Gasteiger partial charge in [0, 0.05) is 20.9 Å². The molecule has 0 radical (unpaired) electrons. The summed E-state index contributed by atoms with van der Waals surface area (Å²) in [5.74, 6) is -2.01. The largest absolute Gasteiger partial charge is 0.478 e. The van der Waals surface area contributed by atoms with Crippen molar-refractivity contribution < 1.29 is 32.7 Å². The lowest BCUT2D eigenvalue weighted by Crippen LogP contribution is -2.35. The summed E-state index contributed by atoms with van der Waals surface area (Å²) < 4.78 is 38.6. The van der Waals surface area contributed by atoms with Crippen LogP contribution in [-0.4, -0.2) is 22.8 Å². The Morgan fingerprint density at radius 3 is 1.91 bits per heavy atom. The summed E-state index contributed by atoms with van der Waals surface area (Å²) in [6.45, 7) is 3.42. The molecular formula is C25H20F3NO4S. The van der Waals surface area contributed by atoms with Gasteiger partial charge in [0.15, 0.2) is 5.78 Å². The molecule has 1 fully saturated rings. The van der Waals surface area contributed by atoms with Gasteiger partial charge in [0.25, 0.3) is 5.91 Å². The quantitative estimate of drug-likeness (QED) is 0.435. The average molecular weight is 487 g/mol. The third kappa shape index (κ3) is 4.35. The second-order valence-corrected chi connectivity index (χ2v) is 9.72. The van der Waals surface area contributed by atoms with Gasteiger partial charge in [0.05, 0.1) is 22.2 Å². The molecule has 0 bridgehead atoms. The van der Waals surface area contributed by atoms with Crippen molar-refractivity contribution in [2.24, 2.45) is 0 Å². The smallest absolute Gasteiger partial charge is 0.416 e. The van der Waals surface area contributed by atoms with Crippen LogP contribution in [0.4, 0.5) is 13.2 Å². The number of thiophene rings is 1. The Bertz CT molecular complexity index is 1290. The SMILES string of the molecule is Cc1sc(C)c(C(=O)c2ccc(C(F)(F)F)cc2)c1C(=O)NC1(c2ccc(C(=O)O)cc2)CC1. The summed E-state index contributed by atoms with van der Waals surface area (Å²) in [7, 11) is 0. The number of nitrogens with one attached hydrogen (secondary N) is 1. The monoisotopic (exact) mass is 487 g/mol. The minimum absolute atomic E-state index is 0.0633. The predicted octanol–water partition coefficient (Wildman–Crippen LogP) is 5.73. The summed E-state index contributed by atoms with van der Waals surface area (Å²) in [6, 6.07) is 10.2. The summed E-state index contributed by atoms with van der Waals surface area (Å²) in [4.78, 5) is 38.9. The van der Waals surface area contributed by atoms with Gasteiger partial charge in [-0.1, -0.05) is 24.3 Å². The minimum Gasteiger partial charge on any atom is -0.478 e. The van der Waals surface area contributed by atoms with Gasteiger partial charge in [0.1, 0.15) is 0 Å². The number of aromatic carboxylic acids is 1. The van der Waals surface area contributed by atoms with E-state index in [9.17, 15) is 27.6 Å². The fraction of sp³-hybridized carbons (Fsp3) is 0.240. The van der Waals surface area contributed by atoms with Crippen LogP contribution >= 0.6 is 11.3 Å². The van der Waals surface area contributed by atoms with Crippen molar-refractivity contribution in [2.45, 2.75) is 38.4 Å². The summed E-state index contributed by atoms with van der Waals surface area (Å²) in [5, 5.41) is 12.1. The van der Waals surface area contributed by atoms with E-state index in [1.807, 2.05) is 0 Å². The highest BCUT2D eigenvalue weighted by Gasteiger charge is 2.46. The molecule has 34 heavy (non-hydrogen) atoms. The Hall–Kier alpha value is -3.46. The fourth-order valence-electron chi connectivity index (χ4n) is 4.01. The Kier molecular flexibility index (Phi) is 5.85. The predicted molar refractivity (Wildman–Crippen MR) is 120 cm³/mol. The summed E-state index contributed by atoms with van der Waals surface area (Å²) >= 11 is 1.28. The van der Waals surface area contributed by atoms with Gasteiger partial charge < -0.3 is 10.4 Å². The average Bonchev–Trinajstić information content (AvgIpc) is 3.49. The van der Waals surface area contributed by atoms with E-state index in [-0.39, 0.29) is 22.3 Å². The molecule has 1 aromatic heterocycles. The molecule has 0 saturated heterocycles. The van der Waals surface area contributed by atoms with E-state index in [4.69, 9.17) is 5.11 Å². The molecule has 1 saturated carbocycles. The van der Waals surface area contributed by atoms with E-state index in [1.165, 1.54) is 23.5 Å². The fourth-order valence-corrected chi connectivity index (χ4v) is 5.06. The number of halogens is 3. The first-order valence-electron chi connectivity index (χ1n) is 10.4. The van der Waals surface area contributed by atoms with E-state index in [0.717, 1.165) is 29.8 Å². The van der Waals surface area contributed by atoms with Crippen LogP contribution in [0.3, 0.4) is 0 Å². The first-order chi connectivity index (χ1) is 15.9. The molecule has 1 aliphatic carbocycles. The molecule has 9 heteroatoms. The maximum Gasteiger partial charge on any atom is 0.416 e. The van der Waals surface area contributed by atoms with Gasteiger partial charge in [-0.3, -0.25) is 9.59 Å². The normalized spacial score (nSPS) is 14.5. The Morgan fingerprint density at radius 2 is 1.41 bits per heavy atom. The van der Waals surface area contributed by atoms with Crippen molar-refractivity contribution in [1.82, 2.24) is 5.32 Å². The Balaban J connectivity index is 1.62. The van der Waals surface area contributed by atoms with Crippen LogP contribution < -0.4 is 5.32 Å². The van der Waals surface area contributed by atoms with E-state index in [2.05, 4.69) is 5.32 Å². The number of hydrogen-bond donors (Lipinski definition) is 2. The highest BCUT2D eigenvalue weighted by molar-refractivity contribution is 7.12. The molecule has 176 valence electrons. The molecule has 3 aromatic rings. The number of amides is 1. The molecule has 1 heterocycles. The zero-order valence-corrected chi connectivity index (χ0v) is 19.1. The van der Waals surface area contributed by atoms with Crippen LogP contribution in [0.25, 0.3) is 0 Å². The lowest BCUT2D eigenvalue weighted by Gasteiger charge is -2.19. The van der Waals surface area contributed by atoms with Crippen molar-refractivity contribution in [3.8, 4) is 0 Å². The number of hydrogen-bond acceptors (Lipinski definition) is 4. The number of carbonyl (C=O) groups excluding carboxylic acids is 2. The van der Waals surface area contributed by atoms with Gasteiger partial charge in [-0.15, -0.1) is 11.3 Å². The van der Waals surface area contributed by atoms with E-state index >= 15 is 0 Å². The van der Waals surface area contributed by atoms with E-state index in [1.54, 1.807) is 26.0 Å². The number of ketones is 1. The van der Waals surface area contributed by atoms with Gasteiger partial charge in [-0.2, -0.15) is 13.2 Å². The highest BCUT2D eigenvalue weighted by atomic mass is 32.1. The van der Waals surface area contributed by atoms with Crippen LogP contribution in [0, 0.1) is 13.8 Å². The van der Waals surface area contributed by atoms with Gasteiger partial charge in [0.2, 0.25) is 0 Å². The van der Waals surface area contributed by atoms with Gasteiger partial charge in [-0.05, 0) is 56.5 Å². The molecule has 0 atom stereocenters. The Morgan fingerprint density at radius 1 is 0.882 bits per heavy atom. The van der Waals surface area contributed by atoms with Crippen LogP contribution in [0.15, 0.2) is 48.5 Å². The maximum absolute atomic E-state index is 13.3. The third-order valence-electron chi connectivity index (χ3n) is 5.98. The van der Waals surface area contributed by atoms with Crippen molar-refractivity contribution >= 4 is 29.0 Å². The second kappa shape index (κ2) is 8.39. The molecule has 1 amide bonds. The topological polar surface area (TPSA) is 83.5 Å². The van der Waals surface area contributed by atoms with E-state index < -0.39 is 34.9 Å². The lowest BCUT2D eigenvalue weighted by molar-refractivity contribution is -0.137. The van der Waals surface area contributed by atoms with Crippen LogP contribution in [0.5, 0.6) is 0 Å². The molecule has 0 unspecified atom stereocenters. The molecule has 0 spiro atoms. The molecule has 1 aliphatic rings. The Labute approximate surface area is 197 Å². The molecule has 2 N–H and O–H groups in total. The number of aryl methyl sites for hydroxylation is 2. The molecule has 0 aliphatic heterocycles. The number of carboxylic acids is 1.